The minimum atomic E-state index is -0.822. The van der Waals surface area contributed by atoms with Crippen LogP contribution in [0, 0.1) is 0 Å². The summed E-state index contributed by atoms with van der Waals surface area (Å²) in [5.74, 6) is 0.940. The zero-order valence-corrected chi connectivity index (χ0v) is 23.1. The van der Waals surface area contributed by atoms with Gasteiger partial charge in [-0.3, -0.25) is 14.2 Å². The van der Waals surface area contributed by atoms with Gasteiger partial charge in [-0.25, -0.2) is 4.99 Å². The highest BCUT2D eigenvalue weighted by atomic mass is 32.1. The maximum Gasteiger partial charge on any atom is 0.271 e. The molecule has 0 bridgehead atoms. The first-order valence-electron chi connectivity index (χ1n) is 12.3. The van der Waals surface area contributed by atoms with Crippen LogP contribution in [0.3, 0.4) is 0 Å². The summed E-state index contributed by atoms with van der Waals surface area (Å²) < 4.78 is 18.2. The smallest absolute Gasteiger partial charge is 0.271 e. The van der Waals surface area contributed by atoms with E-state index < -0.39 is 6.04 Å². The summed E-state index contributed by atoms with van der Waals surface area (Å²) in [5, 5.41) is 12.9. The number of fused-ring (bicyclic) bond motifs is 1. The van der Waals surface area contributed by atoms with Crippen molar-refractivity contribution in [2.45, 2.75) is 13.0 Å². The zero-order chi connectivity index (χ0) is 28.4. The second-order valence-electron chi connectivity index (χ2n) is 8.94. The number of aromatic hydroxyl groups is 1. The van der Waals surface area contributed by atoms with E-state index in [-0.39, 0.29) is 23.0 Å². The number of allylic oxidation sites excluding steroid dienone is 1. The number of thiazole rings is 1. The molecule has 1 aliphatic rings. The van der Waals surface area contributed by atoms with Gasteiger partial charge in [0.05, 0.1) is 37.1 Å². The van der Waals surface area contributed by atoms with E-state index in [0.717, 1.165) is 0 Å². The lowest BCUT2D eigenvalue weighted by Crippen LogP contribution is -2.40. The SMILES string of the molecule is COc1ccc([C@H]2C(C(=O)Nc3ccccc3)=C(C)N=c3s/c(=C\c4ccc(O)c(OC)c4)c(=O)n32)c(OC)c1. The van der Waals surface area contributed by atoms with E-state index in [0.29, 0.717) is 48.9 Å². The van der Waals surface area contributed by atoms with E-state index in [9.17, 15) is 14.7 Å². The van der Waals surface area contributed by atoms with Gasteiger partial charge >= 0.3 is 0 Å². The molecule has 9 nitrogen and oxygen atoms in total. The van der Waals surface area contributed by atoms with Crippen LogP contribution < -0.4 is 34.4 Å². The normalized spacial score (nSPS) is 14.8. The van der Waals surface area contributed by atoms with Crippen LogP contribution in [0.4, 0.5) is 5.69 Å². The predicted octanol–water partition coefficient (Wildman–Crippen LogP) is 3.61. The first-order chi connectivity index (χ1) is 19.3. The van der Waals surface area contributed by atoms with Crippen molar-refractivity contribution in [2.24, 2.45) is 4.99 Å². The fraction of sp³-hybridized carbons (Fsp3) is 0.167. The number of nitrogens with zero attached hydrogens (tertiary/aromatic N) is 2. The number of amides is 1. The first kappa shape index (κ1) is 26.8. The Morgan fingerprint density at radius 2 is 1.75 bits per heavy atom. The van der Waals surface area contributed by atoms with Crippen molar-refractivity contribution >= 4 is 29.0 Å². The van der Waals surface area contributed by atoms with Crippen molar-refractivity contribution in [2.75, 3.05) is 26.6 Å². The monoisotopic (exact) mass is 557 g/mol. The third kappa shape index (κ3) is 4.96. The van der Waals surface area contributed by atoms with E-state index in [4.69, 9.17) is 14.2 Å². The van der Waals surface area contributed by atoms with Crippen LogP contribution in [-0.2, 0) is 4.79 Å². The highest BCUT2D eigenvalue weighted by molar-refractivity contribution is 7.07. The van der Waals surface area contributed by atoms with Gasteiger partial charge in [0.25, 0.3) is 11.5 Å². The van der Waals surface area contributed by atoms with Gasteiger partial charge < -0.3 is 24.6 Å². The van der Waals surface area contributed by atoms with E-state index in [1.54, 1.807) is 62.6 Å². The summed E-state index contributed by atoms with van der Waals surface area (Å²) in [4.78, 5) is 32.8. The van der Waals surface area contributed by atoms with Crippen molar-refractivity contribution < 1.29 is 24.1 Å². The van der Waals surface area contributed by atoms with E-state index >= 15 is 0 Å². The predicted molar refractivity (Wildman–Crippen MR) is 153 cm³/mol. The van der Waals surface area contributed by atoms with Crippen LogP contribution in [-0.4, -0.2) is 36.9 Å². The molecule has 0 spiro atoms. The van der Waals surface area contributed by atoms with E-state index in [2.05, 4.69) is 10.3 Å². The molecule has 0 saturated carbocycles. The van der Waals surface area contributed by atoms with Gasteiger partial charge in [-0.15, -0.1) is 0 Å². The maximum absolute atomic E-state index is 14.0. The lowest BCUT2D eigenvalue weighted by atomic mass is 9.94. The second kappa shape index (κ2) is 11.1. The Morgan fingerprint density at radius 3 is 2.45 bits per heavy atom. The summed E-state index contributed by atoms with van der Waals surface area (Å²) in [6, 6.07) is 18.4. The fourth-order valence-electron chi connectivity index (χ4n) is 4.61. The van der Waals surface area contributed by atoms with Crippen LogP contribution in [0.2, 0.25) is 0 Å². The molecule has 5 rings (SSSR count). The molecule has 2 heterocycles. The summed E-state index contributed by atoms with van der Waals surface area (Å²) in [5.41, 5.74) is 2.36. The number of carbonyl (C=O) groups excluding carboxylic acids is 1. The molecule has 0 saturated heterocycles. The molecule has 0 fully saturated rings. The molecule has 1 aliphatic heterocycles. The number of phenols is 1. The number of para-hydroxylation sites is 1. The van der Waals surface area contributed by atoms with Gasteiger partial charge in [0, 0.05) is 17.3 Å². The van der Waals surface area contributed by atoms with Gasteiger partial charge in [0.2, 0.25) is 0 Å². The molecule has 10 heteroatoms. The third-order valence-corrected chi connectivity index (χ3v) is 7.52. The standard InChI is InChI=1S/C30H27N3O6S/c1-17-26(28(35)32-19-8-6-5-7-9-19)27(21-12-11-20(37-2)16-23(21)38-3)33-29(36)25(40-30(33)31-17)15-18-10-13-22(34)24(14-18)39-4/h5-16,27,34H,1-4H3,(H,32,35)/b25-15-/t27-/m0/s1. The number of phenolic OH excluding ortho intramolecular Hbond substituents is 1. The number of benzene rings is 3. The van der Waals surface area contributed by atoms with Crippen LogP contribution in [0.5, 0.6) is 23.0 Å². The number of hydrogen-bond donors (Lipinski definition) is 2. The Bertz CT molecular complexity index is 1810. The molecule has 40 heavy (non-hydrogen) atoms. The van der Waals surface area contributed by atoms with Crippen molar-refractivity contribution in [3.63, 3.8) is 0 Å². The lowest BCUT2D eigenvalue weighted by molar-refractivity contribution is -0.113. The average Bonchev–Trinajstić information content (AvgIpc) is 3.27. The van der Waals surface area contributed by atoms with Gasteiger partial charge in [-0.1, -0.05) is 35.6 Å². The molecule has 204 valence electrons. The Hall–Kier alpha value is -4.83. The van der Waals surface area contributed by atoms with Gasteiger partial charge in [0.15, 0.2) is 16.3 Å². The van der Waals surface area contributed by atoms with Crippen molar-refractivity contribution in [1.82, 2.24) is 4.57 Å². The second-order valence-corrected chi connectivity index (χ2v) is 9.95. The van der Waals surface area contributed by atoms with Gasteiger partial charge in [-0.05, 0) is 55.0 Å². The molecule has 4 aromatic rings. The number of aromatic nitrogens is 1. The van der Waals surface area contributed by atoms with Gasteiger partial charge in [0.1, 0.15) is 17.5 Å². The maximum atomic E-state index is 14.0. The molecule has 0 unspecified atom stereocenters. The highest BCUT2D eigenvalue weighted by Crippen LogP contribution is 2.37. The quantitative estimate of drug-likeness (QED) is 0.359. The fourth-order valence-corrected chi connectivity index (χ4v) is 5.65. The van der Waals surface area contributed by atoms with E-state index in [1.165, 1.54) is 36.2 Å². The molecule has 1 aromatic heterocycles. The largest absolute Gasteiger partial charge is 0.504 e. The Balaban J connectivity index is 1.71. The molecule has 1 atom stereocenters. The highest BCUT2D eigenvalue weighted by Gasteiger charge is 2.34. The molecule has 0 aliphatic carbocycles. The van der Waals surface area contributed by atoms with Gasteiger partial charge in [-0.2, -0.15) is 0 Å². The Labute approximate surface area is 233 Å². The topological polar surface area (TPSA) is 111 Å². The van der Waals surface area contributed by atoms with E-state index in [1.807, 2.05) is 18.2 Å². The van der Waals surface area contributed by atoms with Crippen molar-refractivity contribution in [1.29, 1.82) is 0 Å². The lowest BCUT2D eigenvalue weighted by Gasteiger charge is -2.26. The third-order valence-electron chi connectivity index (χ3n) is 6.53. The van der Waals surface area contributed by atoms with Crippen LogP contribution in [0.1, 0.15) is 24.1 Å². The molecule has 1 amide bonds. The Kier molecular flexibility index (Phi) is 7.43. The number of methoxy groups -OCH3 is 3. The number of hydrogen-bond acceptors (Lipinski definition) is 8. The molecule has 0 radical (unpaired) electrons. The first-order valence-corrected chi connectivity index (χ1v) is 13.1. The number of ether oxygens (including phenoxy) is 3. The number of rotatable bonds is 7. The van der Waals surface area contributed by atoms with Crippen LogP contribution in [0.25, 0.3) is 6.08 Å². The minimum absolute atomic E-state index is 0.00240. The molecular weight excluding hydrogens is 530 g/mol. The summed E-state index contributed by atoms with van der Waals surface area (Å²) >= 11 is 1.21. The summed E-state index contributed by atoms with van der Waals surface area (Å²) in [6.07, 6.45) is 1.71. The molecular formula is C30H27N3O6S. The average molecular weight is 558 g/mol. The molecule has 3 aromatic carbocycles. The van der Waals surface area contributed by atoms with Crippen LogP contribution >= 0.6 is 11.3 Å². The Morgan fingerprint density at radius 1 is 1.00 bits per heavy atom. The zero-order valence-electron chi connectivity index (χ0n) is 22.3. The minimum Gasteiger partial charge on any atom is -0.504 e. The summed E-state index contributed by atoms with van der Waals surface area (Å²) in [6.45, 7) is 1.75. The van der Waals surface area contributed by atoms with Crippen LogP contribution in [0.15, 0.2) is 87.8 Å². The number of carbonyl (C=O) groups is 1. The van der Waals surface area contributed by atoms with Crippen molar-refractivity contribution in [3.05, 3.63) is 109 Å². The summed E-state index contributed by atoms with van der Waals surface area (Å²) in [7, 11) is 4.54. The van der Waals surface area contributed by atoms with Crippen molar-refractivity contribution in [3.8, 4) is 23.0 Å². The number of anilines is 1. The molecule has 2 N–H and O–H groups in total. The number of nitrogens with one attached hydrogen (secondary N) is 1.